The molecule has 2 saturated heterocycles. The first-order valence-corrected chi connectivity index (χ1v) is 7.66. The molecule has 0 spiro atoms. The summed E-state index contributed by atoms with van der Waals surface area (Å²) in [6.07, 6.45) is 1.68. The van der Waals surface area contributed by atoms with Crippen LogP contribution in [0.3, 0.4) is 0 Å². The Morgan fingerprint density at radius 3 is 2.39 bits per heavy atom. The summed E-state index contributed by atoms with van der Waals surface area (Å²) in [5.74, 6) is 1.84. The number of hydrogen-bond acceptors (Lipinski definition) is 5. The molecule has 1 aromatic carbocycles. The minimum atomic E-state index is -0.262. The first kappa shape index (κ1) is 15.7. The molecule has 2 amide bonds. The quantitative estimate of drug-likeness (QED) is 0.884. The van der Waals surface area contributed by atoms with Crippen molar-refractivity contribution in [3.63, 3.8) is 0 Å². The summed E-state index contributed by atoms with van der Waals surface area (Å²) in [6.45, 7) is 0.670. The number of benzene rings is 1. The van der Waals surface area contributed by atoms with Crippen LogP contribution in [0.15, 0.2) is 12.1 Å². The molecule has 2 heterocycles. The Balaban J connectivity index is 2.00. The molecule has 0 aromatic heterocycles. The van der Waals surface area contributed by atoms with Crippen LogP contribution in [0.25, 0.3) is 0 Å². The minimum Gasteiger partial charge on any atom is -0.493 e. The van der Waals surface area contributed by atoms with Crippen LogP contribution >= 0.6 is 0 Å². The molecule has 2 N–H and O–H groups in total. The lowest BCUT2D eigenvalue weighted by Crippen LogP contribution is -2.58. The molecule has 2 aliphatic heterocycles. The van der Waals surface area contributed by atoms with Gasteiger partial charge in [-0.05, 0) is 30.5 Å². The minimum absolute atomic E-state index is 0.157. The fraction of sp³-hybridized carbons (Fsp3) is 0.562. The SMILES string of the molecule is COc1cc([C@@H]2NC(=O)N[C@H]3OCCC[C@H]32)cc(OC)c1OC. The number of nitrogens with one attached hydrogen (secondary N) is 2. The molecule has 7 nitrogen and oxygen atoms in total. The van der Waals surface area contributed by atoms with E-state index in [2.05, 4.69) is 10.6 Å². The van der Waals surface area contributed by atoms with Crippen molar-refractivity contribution in [1.82, 2.24) is 10.6 Å². The van der Waals surface area contributed by atoms with Crippen molar-refractivity contribution in [1.29, 1.82) is 0 Å². The second-order valence-corrected chi connectivity index (χ2v) is 5.65. The van der Waals surface area contributed by atoms with E-state index in [1.54, 1.807) is 21.3 Å². The van der Waals surface area contributed by atoms with Gasteiger partial charge in [-0.3, -0.25) is 0 Å². The number of hydrogen-bond donors (Lipinski definition) is 2. The average Bonchev–Trinajstić information content (AvgIpc) is 2.59. The van der Waals surface area contributed by atoms with Gasteiger partial charge in [0.25, 0.3) is 0 Å². The molecule has 0 bridgehead atoms. The molecule has 2 aliphatic rings. The highest BCUT2D eigenvalue weighted by Crippen LogP contribution is 2.43. The van der Waals surface area contributed by atoms with Crippen molar-refractivity contribution in [2.75, 3.05) is 27.9 Å². The van der Waals surface area contributed by atoms with Gasteiger partial charge in [-0.25, -0.2) is 4.79 Å². The third-order valence-corrected chi connectivity index (χ3v) is 4.40. The molecule has 0 aliphatic carbocycles. The van der Waals surface area contributed by atoms with E-state index < -0.39 is 0 Å². The zero-order valence-corrected chi connectivity index (χ0v) is 13.5. The summed E-state index contributed by atoms with van der Waals surface area (Å²) in [6, 6.07) is 3.36. The second kappa shape index (κ2) is 6.54. The summed E-state index contributed by atoms with van der Waals surface area (Å²) >= 11 is 0. The molecule has 126 valence electrons. The van der Waals surface area contributed by atoms with Crippen molar-refractivity contribution in [3.8, 4) is 17.2 Å². The van der Waals surface area contributed by atoms with Gasteiger partial charge in [-0.1, -0.05) is 0 Å². The van der Waals surface area contributed by atoms with E-state index in [1.165, 1.54) is 0 Å². The Bertz CT molecular complexity index is 567. The lowest BCUT2D eigenvalue weighted by molar-refractivity contribution is -0.0602. The molecule has 3 atom stereocenters. The Kier molecular flexibility index (Phi) is 4.47. The van der Waals surface area contributed by atoms with E-state index in [-0.39, 0.29) is 24.2 Å². The van der Waals surface area contributed by atoms with Gasteiger partial charge in [0.2, 0.25) is 5.75 Å². The monoisotopic (exact) mass is 322 g/mol. The van der Waals surface area contributed by atoms with Crippen molar-refractivity contribution in [2.45, 2.75) is 25.1 Å². The zero-order chi connectivity index (χ0) is 16.4. The molecule has 1 aromatic rings. The van der Waals surface area contributed by atoms with Gasteiger partial charge in [0, 0.05) is 12.5 Å². The second-order valence-electron chi connectivity index (χ2n) is 5.65. The van der Waals surface area contributed by atoms with Gasteiger partial charge in [0.05, 0.1) is 27.4 Å². The van der Waals surface area contributed by atoms with Gasteiger partial charge in [-0.15, -0.1) is 0 Å². The lowest BCUT2D eigenvalue weighted by Gasteiger charge is -2.42. The number of carbonyl (C=O) groups is 1. The fourth-order valence-electron chi connectivity index (χ4n) is 3.33. The molecule has 2 fully saturated rings. The predicted octanol–water partition coefficient (Wildman–Crippen LogP) is 1.82. The molecule has 0 saturated carbocycles. The fourth-order valence-corrected chi connectivity index (χ4v) is 3.33. The van der Waals surface area contributed by atoms with Crippen LogP contribution in [0.5, 0.6) is 17.2 Å². The average molecular weight is 322 g/mol. The third-order valence-electron chi connectivity index (χ3n) is 4.40. The Morgan fingerprint density at radius 2 is 1.78 bits per heavy atom. The number of fused-ring (bicyclic) bond motifs is 1. The number of amides is 2. The number of methoxy groups -OCH3 is 3. The van der Waals surface area contributed by atoms with E-state index in [0.29, 0.717) is 23.9 Å². The third kappa shape index (κ3) is 2.88. The Hall–Kier alpha value is -2.15. The smallest absolute Gasteiger partial charge is 0.317 e. The maximum Gasteiger partial charge on any atom is 0.317 e. The number of ether oxygens (including phenoxy) is 4. The highest BCUT2D eigenvalue weighted by Gasteiger charge is 2.40. The molecular formula is C16H22N2O5. The van der Waals surface area contributed by atoms with E-state index in [0.717, 1.165) is 18.4 Å². The Morgan fingerprint density at radius 1 is 1.09 bits per heavy atom. The summed E-state index contributed by atoms with van der Waals surface area (Å²) in [5.41, 5.74) is 0.912. The first-order chi connectivity index (χ1) is 11.2. The molecule has 0 unspecified atom stereocenters. The van der Waals surface area contributed by atoms with Crippen LogP contribution in [0.1, 0.15) is 24.4 Å². The maximum absolute atomic E-state index is 11.9. The summed E-state index contributed by atoms with van der Waals surface area (Å²) in [7, 11) is 4.72. The standard InChI is InChI=1S/C16H22N2O5/c1-20-11-7-9(8-12(21-2)14(11)22-3)13-10-5-4-6-23-15(10)18-16(19)17-13/h7-8,10,13,15H,4-6H2,1-3H3,(H2,17,18,19)/t10-,13-,15-/m0/s1. The zero-order valence-electron chi connectivity index (χ0n) is 13.5. The van der Waals surface area contributed by atoms with Gasteiger partial charge >= 0.3 is 6.03 Å². The van der Waals surface area contributed by atoms with Crippen molar-refractivity contribution in [2.24, 2.45) is 5.92 Å². The number of urea groups is 1. The van der Waals surface area contributed by atoms with Crippen LogP contribution in [-0.4, -0.2) is 40.2 Å². The van der Waals surface area contributed by atoms with Gasteiger partial charge in [-0.2, -0.15) is 0 Å². The van der Waals surface area contributed by atoms with Gasteiger partial charge in [0.15, 0.2) is 11.5 Å². The molecule has 7 heteroatoms. The topological polar surface area (TPSA) is 78.1 Å². The van der Waals surface area contributed by atoms with Crippen LogP contribution < -0.4 is 24.8 Å². The first-order valence-electron chi connectivity index (χ1n) is 7.66. The Labute approximate surface area is 135 Å². The molecular weight excluding hydrogens is 300 g/mol. The van der Waals surface area contributed by atoms with Gasteiger partial charge in [0.1, 0.15) is 6.23 Å². The van der Waals surface area contributed by atoms with E-state index in [1.807, 2.05) is 12.1 Å². The molecule has 0 radical (unpaired) electrons. The number of carbonyl (C=O) groups excluding carboxylic acids is 1. The number of rotatable bonds is 4. The predicted molar refractivity (Wildman–Crippen MR) is 83.0 cm³/mol. The summed E-state index contributed by atoms with van der Waals surface area (Å²) < 4.78 is 21.9. The summed E-state index contributed by atoms with van der Waals surface area (Å²) in [5, 5.41) is 5.83. The van der Waals surface area contributed by atoms with E-state index in [9.17, 15) is 4.79 Å². The molecule has 3 rings (SSSR count). The van der Waals surface area contributed by atoms with E-state index >= 15 is 0 Å². The highest BCUT2D eigenvalue weighted by molar-refractivity contribution is 5.76. The normalized spacial score (nSPS) is 26.6. The highest BCUT2D eigenvalue weighted by atomic mass is 16.5. The lowest BCUT2D eigenvalue weighted by atomic mass is 9.85. The van der Waals surface area contributed by atoms with Crippen molar-refractivity contribution < 1.29 is 23.7 Å². The van der Waals surface area contributed by atoms with Crippen LogP contribution in [0, 0.1) is 5.92 Å². The van der Waals surface area contributed by atoms with Crippen LogP contribution in [0.4, 0.5) is 4.79 Å². The van der Waals surface area contributed by atoms with Gasteiger partial charge < -0.3 is 29.6 Å². The van der Waals surface area contributed by atoms with Crippen molar-refractivity contribution in [3.05, 3.63) is 17.7 Å². The van der Waals surface area contributed by atoms with Crippen LogP contribution in [-0.2, 0) is 4.74 Å². The maximum atomic E-state index is 11.9. The van der Waals surface area contributed by atoms with E-state index in [4.69, 9.17) is 18.9 Å². The summed E-state index contributed by atoms with van der Waals surface area (Å²) in [4.78, 5) is 11.9. The van der Waals surface area contributed by atoms with Crippen LogP contribution in [0.2, 0.25) is 0 Å². The van der Waals surface area contributed by atoms with Crippen molar-refractivity contribution >= 4 is 6.03 Å². The molecule has 23 heavy (non-hydrogen) atoms. The largest absolute Gasteiger partial charge is 0.493 e.